The number of para-hydroxylation sites is 1. The number of amides is 1. The lowest BCUT2D eigenvalue weighted by atomic mass is 10.2. The van der Waals surface area contributed by atoms with Gasteiger partial charge in [-0.15, -0.1) is 0 Å². The molecule has 1 N–H and O–H groups in total. The molecule has 4 rings (SSSR count). The number of aromatic nitrogens is 3. The number of aromatic amines is 1. The predicted octanol–water partition coefficient (Wildman–Crippen LogP) is 0.434. The zero-order valence-electron chi connectivity index (χ0n) is 14.7. The molecular formula is C19H19N5O3. The average Bonchev–Trinajstić information content (AvgIpc) is 2.72. The third kappa shape index (κ3) is 3.33. The van der Waals surface area contributed by atoms with Crippen LogP contribution in [-0.4, -0.2) is 51.5 Å². The Hall–Kier alpha value is -3.42. The lowest BCUT2D eigenvalue weighted by Gasteiger charge is -2.35. The van der Waals surface area contributed by atoms with Crippen LogP contribution in [0.2, 0.25) is 0 Å². The monoisotopic (exact) mass is 365 g/mol. The lowest BCUT2D eigenvalue weighted by molar-refractivity contribution is -0.132. The SMILES string of the molecule is O=C(Cn1c(=O)[nH]c2ccccc2c1=O)N1CCN(c2ccccn2)CC1. The van der Waals surface area contributed by atoms with E-state index in [1.165, 1.54) is 0 Å². The molecule has 8 heteroatoms. The first-order valence-corrected chi connectivity index (χ1v) is 8.79. The van der Waals surface area contributed by atoms with Crippen LogP contribution in [0.5, 0.6) is 0 Å². The van der Waals surface area contributed by atoms with E-state index in [9.17, 15) is 14.4 Å². The molecule has 8 nitrogen and oxygen atoms in total. The Labute approximate surface area is 154 Å². The van der Waals surface area contributed by atoms with Gasteiger partial charge < -0.3 is 14.8 Å². The summed E-state index contributed by atoms with van der Waals surface area (Å²) in [6.07, 6.45) is 1.74. The van der Waals surface area contributed by atoms with Gasteiger partial charge in [0.05, 0.1) is 10.9 Å². The van der Waals surface area contributed by atoms with Gasteiger partial charge in [-0.25, -0.2) is 9.78 Å². The Morgan fingerprint density at radius 3 is 2.48 bits per heavy atom. The Morgan fingerprint density at radius 2 is 1.74 bits per heavy atom. The molecule has 0 spiro atoms. The molecule has 2 aromatic heterocycles. The molecule has 3 aromatic rings. The number of pyridine rings is 1. The number of anilines is 1. The molecule has 0 radical (unpaired) electrons. The van der Waals surface area contributed by atoms with Gasteiger partial charge in [-0.3, -0.25) is 14.2 Å². The van der Waals surface area contributed by atoms with Crippen LogP contribution in [0, 0.1) is 0 Å². The van der Waals surface area contributed by atoms with Crippen LogP contribution >= 0.6 is 0 Å². The van der Waals surface area contributed by atoms with Gasteiger partial charge in [-0.2, -0.15) is 0 Å². The van der Waals surface area contributed by atoms with Gasteiger partial charge in [0, 0.05) is 32.4 Å². The summed E-state index contributed by atoms with van der Waals surface area (Å²) in [5.41, 5.74) is -0.547. The van der Waals surface area contributed by atoms with Gasteiger partial charge in [0.25, 0.3) is 5.56 Å². The summed E-state index contributed by atoms with van der Waals surface area (Å²) in [6, 6.07) is 12.5. The Kier molecular flexibility index (Phi) is 4.45. The number of rotatable bonds is 3. The van der Waals surface area contributed by atoms with E-state index in [-0.39, 0.29) is 12.5 Å². The van der Waals surface area contributed by atoms with Crippen molar-refractivity contribution in [1.29, 1.82) is 0 Å². The highest BCUT2D eigenvalue weighted by molar-refractivity contribution is 5.79. The van der Waals surface area contributed by atoms with Gasteiger partial charge >= 0.3 is 5.69 Å². The van der Waals surface area contributed by atoms with Crippen molar-refractivity contribution >= 4 is 22.6 Å². The Morgan fingerprint density at radius 1 is 1.00 bits per heavy atom. The first kappa shape index (κ1) is 17.0. The quantitative estimate of drug-likeness (QED) is 0.727. The van der Waals surface area contributed by atoms with Crippen molar-refractivity contribution in [3.05, 3.63) is 69.5 Å². The molecule has 3 heterocycles. The van der Waals surface area contributed by atoms with Gasteiger partial charge in [-0.05, 0) is 24.3 Å². The molecule has 1 saturated heterocycles. The Bertz CT molecular complexity index is 1080. The van der Waals surface area contributed by atoms with Crippen molar-refractivity contribution in [2.75, 3.05) is 31.1 Å². The van der Waals surface area contributed by atoms with Crippen molar-refractivity contribution in [3.8, 4) is 0 Å². The van der Waals surface area contributed by atoms with E-state index in [4.69, 9.17) is 0 Å². The van der Waals surface area contributed by atoms with Crippen molar-refractivity contribution < 1.29 is 4.79 Å². The number of carbonyl (C=O) groups excluding carboxylic acids is 1. The van der Waals surface area contributed by atoms with Crippen molar-refractivity contribution in [3.63, 3.8) is 0 Å². The molecule has 1 aromatic carbocycles. The van der Waals surface area contributed by atoms with Crippen molar-refractivity contribution in [2.45, 2.75) is 6.54 Å². The van der Waals surface area contributed by atoms with E-state index in [0.29, 0.717) is 37.1 Å². The molecule has 1 amide bonds. The van der Waals surface area contributed by atoms with E-state index < -0.39 is 11.2 Å². The highest BCUT2D eigenvalue weighted by Crippen LogP contribution is 2.12. The fourth-order valence-corrected chi connectivity index (χ4v) is 3.30. The molecule has 27 heavy (non-hydrogen) atoms. The van der Waals surface area contributed by atoms with Crippen LogP contribution in [0.1, 0.15) is 0 Å². The van der Waals surface area contributed by atoms with Crippen LogP contribution in [0.15, 0.2) is 58.3 Å². The zero-order chi connectivity index (χ0) is 18.8. The molecule has 0 atom stereocenters. The summed E-state index contributed by atoms with van der Waals surface area (Å²) >= 11 is 0. The number of H-pyrrole nitrogens is 1. The minimum absolute atomic E-state index is 0.237. The van der Waals surface area contributed by atoms with E-state index >= 15 is 0 Å². The van der Waals surface area contributed by atoms with Crippen LogP contribution in [0.4, 0.5) is 5.82 Å². The van der Waals surface area contributed by atoms with E-state index in [0.717, 1.165) is 10.4 Å². The maximum atomic E-state index is 12.6. The summed E-state index contributed by atoms with van der Waals surface area (Å²) < 4.78 is 0.968. The summed E-state index contributed by atoms with van der Waals surface area (Å²) in [6.45, 7) is 2.10. The number of nitrogens with one attached hydrogen (secondary N) is 1. The van der Waals surface area contributed by atoms with Gasteiger partial charge in [-0.1, -0.05) is 18.2 Å². The zero-order valence-corrected chi connectivity index (χ0v) is 14.7. The van der Waals surface area contributed by atoms with Gasteiger partial charge in [0.1, 0.15) is 12.4 Å². The highest BCUT2D eigenvalue weighted by atomic mass is 16.2. The maximum Gasteiger partial charge on any atom is 0.329 e. The second-order valence-electron chi connectivity index (χ2n) is 6.42. The Balaban J connectivity index is 1.48. The number of carbonyl (C=O) groups is 1. The summed E-state index contributed by atoms with van der Waals surface area (Å²) in [5.74, 6) is 0.644. The average molecular weight is 365 g/mol. The number of hydrogen-bond acceptors (Lipinski definition) is 5. The maximum absolute atomic E-state index is 12.6. The van der Waals surface area contributed by atoms with E-state index in [1.807, 2.05) is 18.2 Å². The third-order valence-corrected chi connectivity index (χ3v) is 4.79. The highest BCUT2D eigenvalue weighted by Gasteiger charge is 2.23. The third-order valence-electron chi connectivity index (χ3n) is 4.79. The number of nitrogens with zero attached hydrogens (tertiary/aromatic N) is 4. The molecule has 0 saturated carbocycles. The summed E-state index contributed by atoms with van der Waals surface area (Å²) in [5, 5.41) is 0.393. The smallest absolute Gasteiger partial charge is 0.329 e. The fraction of sp³-hybridized carbons (Fsp3) is 0.263. The van der Waals surface area contributed by atoms with E-state index in [2.05, 4.69) is 14.9 Å². The lowest BCUT2D eigenvalue weighted by Crippen LogP contribution is -2.51. The topological polar surface area (TPSA) is 91.3 Å². The largest absolute Gasteiger partial charge is 0.353 e. The summed E-state index contributed by atoms with van der Waals surface area (Å²) in [7, 11) is 0. The molecule has 1 aliphatic heterocycles. The molecule has 1 aliphatic rings. The van der Waals surface area contributed by atoms with Crippen LogP contribution in [-0.2, 0) is 11.3 Å². The van der Waals surface area contributed by atoms with Crippen molar-refractivity contribution in [1.82, 2.24) is 19.4 Å². The molecule has 0 aliphatic carbocycles. The minimum Gasteiger partial charge on any atom is -0.353 e. The van der Waals surface area contributed by atoms with Crippen LogP contribution in [0.3, 0.4) is 0 Å². The number of fused-ring (bicyclic) bond motifs is 1. The molecule has 0 unspecified atom stereocenters. The predicted molar refractivity (Wildman–Crippen MR) is 102 cm³/mol. The van der Waals surface area contributed by atoms with Gasteiger partial charge in [0.2, 0.25) is 5.91 Å². The minimum atomic E-state index is -0.570. The van der Waals surface area contributed by atoms with Crippen LogP contribution < -0.4 is 16.1 Å². The molecule has 1 fully saturated rings. The number of benzene rings is 1. The van der Waals surface area contributed by atoms with Gasteiger partial charge in [0.15, 0.2) is 0 Å². The molecular weight excluding hydrogens is 346 g/mol. The number of piperazine rings is 1. The first-order valence-electron chi connectivity index (χ1n) is 8.79. The molecule has 0 bridgehead atoms. The second kappa shape index (κ2) is 7.06. The fourth-order valence-electron chi connectivity index (χ4n) is 3.30. The van der Waals surface area contributed by atoms with E-state index in [1.54, 1.807) is 35.4 Å². The van der Waals surface area contributed by atoms with Crippen molar-refractivity contribution in [2.24, 2.45) is 0 Å². The second-order valence-corrected chi connectivity index (χ2v) is 6.42. The number of hydrogen-bond donors (Lipinski definition) is 1. The standard InChI is InChI=1S/C19H19N5O3/c25-17(23-11-9-22(10-12-23)16-7-3-4-8-20-16)13-24-18(26)14-5-1-2-6-15(14)21-19(24)27/h1-8H,9-13H2,(H,21,27). The summed E-state index contributed by atoms with van der Waals surface area (Å²) in [4.78, 5) is 48.2. The van der Waals surface area contributed by atoms with Crippen LogP contribution in [0.25, 0.3) is 10.9 Å². The first-order chi connectivity index (χ1) is 13.1. The molecule has 138 valence electrons. The normalized spacial score (nSPS) is 14.5.